The summed E-state index contributed by atoms with van der Waals surface area (Å²) >= 11 is 0. The fraction of sp³-hybridized carbons (Fsp3) is 0.500. The first-order chi connectivity index (χ1) is 6.27. The number of hydrogen-bond acceptors (Lipinski definition) is 2. The molecule has 1 N–H and O–H groups in total. The molecule has 1 heterocycles. The van der Waals surface area contributed by atoms with Crippen molar-refractivity contribution in [2.45, 2.75) is 32.2 Å². The number of nitrogens with zero attached hydrogens (tertiary/aromatic N) is 1. The van der Waals surface area contributed by atoms with Crippen LogP contribution in [0.2, 0.25) is 0 Å². The second-order valence-corrected chi connectivity index (χ2v) is 3.57. The van der Waals surface area contributed by atoms with Gasteiger partial charge in [-0.05, 0) is 25.8 Å². The average Bonchev–Trinajstić information content (AvgIpc) is 2.47. The molecule has 0 aromatic heterocycles. The molecule has 0 bridgehead atoms. The first kappa shape index (κ1) is 8.51. The van der Waals surface area contributed by atoms with Gasteiger partial charge in [0.2, 0.25) is 5.91 Å². The summed E-state index contributed by atoms with van der Waals surface area (Å²) in [7, 11) is 0. The van der Waals surface area contributed by atoms with E-state index in [9.17, 15) is 4.79 Å². The van der Waals surface area contributed by atoms with Crippen molar-refractivity contribution in [2.24, 2.45) is 0 Å². The summed E-state index contributed by atoms with van der Waals surface area (Å²) in [4.78, 5) is 11.5. The minimum atomic E-state index is 0.172. The number of nitrogens with one attached hydrogen (secondary N) is 1. The lowest BCUT2D eigenvalue weighted by atomic mass is 10.1. The summed E-state index contributed by atoms with van der Waals surface area (Å²) in [6.07, 6.45) is 8.93. The van der Waals surface area contributed by atoms with Crippen molar-refractivity contribution in [1.82, 2.24) is 10.4 Å². The third-order valence-corrected chi connectivity index (χ3v) is 2.31. The number of rotatable bonds is 1. The average molecular weight is 178 g/mol. The molecule has 0 spiro atoms. The van der Waals surface area contributed by atoms with Gasteiger partial charge in [0.15, 0.2) is 0 Å². The smallest absolute Gasteiger partial charge is 0.242 e. The zero-order chi connectivity index (χ0) is 9.26. The molecule has 13 heavy (non-hydrogen) atoms. The normalized spacial score (nSPS) is 28.1. The Morgan fingerprint density at radius 3 is 2.92 bits per heavy atom. The van der Waals surface area contributed by atoms with Gasteiger partial charge in [-0.2, -0.15) is 0 Å². The number of allylic oxidation sites excluding steroid dienone is 3. The molecule has 0 saturated carbocycles. The highest BCUT2D eigenvalue weighted by molar-refractivity contribution is 5.80. The van der Waals surface area contributed by atoms with E-state index in [0.717, 1.165) is 18.5 Å². The van der Waals surface area contributed by atoms with Crippen LogP contribution in [0.4, 0.5) is 0 Å². The summed E-state index contributed by atoms with van der Waals surface area (Å²) in [5.74, 6) is 0.172. The minimum absolute atomic E-state index is 0.172. The number of hydrogen-bond donors (Lipinski definition) is 1. The van der Waals surface area contributed by atoms with Crippen LogP contribution in [0, 0.1) is 0 Å². The molecule has 0 aromatic carbocycles. The fourth-order valence-corrected chi connectivity index (χ4v) is 1.68. The Labute approximate surface area is 78.1 Å². The summed E-state index contributed by atoms with van der Waals surface area (Å²) < 4.78 is 0. The summed E-state index contributed by atoms with van der Waals surface area (Å²) in [5.41, 5.74) is 4.14. The number of amides is 1. The van der Waals surface area contributed by atoms with E-state index < -0.39 is 0 Å². The van der Waals surface area contributed by atoms with E-state index in [2.05, 4.69) is 17.6 Å². The van der Waals surface area contributed by atoms with Gasteiger partial charge in [0, 0.05) is 12.5 Å². The van der Waals surface area contributed by atoms with Crippen molar-refractivity contribution in [3.63, 3.8) is 0 Å². The van der Waals surface area contributed by atoms with Gasteiger partial charge in [-0.1, -0.05) is 12.2 Å². The van der Waals surface area contributed by atoms with Gasteiger partial charge in [-0.25, -0.2) is 10.4 Å². The first-order valence-corrected chi connectivity index (χ1v) is 4.73. The van der Waals surface area contributed by atoms with Gasteiger partial charge >= 0.3 is 0 Å². The van der Waals surface area contributed by atoms with Crippen molar-refractivity contribution in [1.29, 1.82) is 0 Å². The molecule has 3 heteroatoms. The van der Waals surface area contributed by atoms with Gasteiger partial charge in [0.05, 0.1) is 5.70 Å². The maximum Gasteiger partial charge on any atom is 0.242 e. The van der Waals surface area contributed by atoms with Crippen LogP contribution in [-0.2, 0) is 4.79 Å². The molecular weight excluding hydrogens is 164 g/mol. The van der Waals surface area contributed by atoms with Gasteiger partial charge in [-0.3, -0.25) is 4.79 Å². The minimum Gasteiger partial charge on any atom is -0.273 e. The lowest BCUT2D eigenvalue weighted by molar-refractivity contribution is -0.127. The monoisotopic (exact) mass is 178 g/mol. The predicted molar refractivity (Wildman–Crippen MR) is 50.5 cm³/mol. The van der Waals surface area contributed by atoms with E-state index in [1.54, 1.807) is 5.01 Å². The molecule has 2 rings (SSSR count). The lowest BCUT2D eigenvalue weighted by Crippen LogP contribution is -2.35. The zero-order valence-electron chi connectivity index (χ0n) is 7.79. The van der Waals surface area contributed by atoms with Crippen molar-refractivity contribution in [2.75, 3.05) is 0 Å². The van der Waals surface area contributed by atoms with Crippen LogP contribution in [0.3, 0.4) is 0 Å². The van der Waals surface area contributed by atoms with Crippen LogP contribution in [0.1, 0.15) is 26.2 Å². The molecule has 0 aromatic rings. The molecule has 0 radical (unpaired) electrons. The summed E-state index contributed by atoms with van der Waals surface area (Å²) in [6, 6.07) is 0.267. The Bertz CT molecular complexity index is 281. The van der Waals surface area contributed by atoms with E-state index in [-0.39, 0.29) is 11.9 Å². The van der Waals surface area contributed by atoms with Crippen molar-refractivity contribution >= 4 is 5.91 Å². The van der Waals surface area contributed by atoms with E-state index >= 15 is 0 Å². The quantitative estimate of drug-likeness (QED) is 0.657. The maximum atomic E-state index is 11.5. The Hall–Kier alpha value is -1.09. The van der Waals surface area contributed by atoms with Crippen LogP contribution in [0.25, 0.3) is 0 Å². The Morgan fingerprint density at radius 2 is 2.38 bits per heavy atom. The van der Waals surface area contributed by atoms with Crippen molar-refractivity contribution in [3.05, 3.63) is 23.9 Å². The second-order valence-electron chi connectivity index (χ2n) is 3.57. The Balaban J connectivity index is 2.12. The van der Waals surface area contributed by atoms with Crippen LogP contribution in [-0.4, -0.2) is 17.0 Å². The second kappa shape index (κ2) is 3.34. The number of carbonyl (C=O) groups excluding carboxylic acids is 1. The third-order valence-electron chi connectivity index (χ3n) is 2.31. The van der Waals surface area contributed by atoms with E-state index in [4.69, 9.17) is 0 Å². The highest BCUT2D eigenvalue weighted by Crippen LogP contribution is 2.18. The van der Waals surface area contributed by atoms with Crippen LogP contribution >= 0.6 is 0 Å². The molecule has 1 amide bonds. The molecule has 1 saturated heterocycles. The van der Waals surface area contributed by atoms with E-state index in [0.29, 0.717) is 6.42 Å². The summed E-state index contributed by atoms with van der Waals surface area (Å²) in [5, 5.41) is 1.67. The van der Waals surface area contributed by atoms with Crippen molar-refractivity contribution in [3.8, 4) is 0 Å². The molecule has 1 unspecified atom stereocenters. The lowest BCUT2D eigenvalue weighted by Gasteiger charge is -2.19. The number of carbonyl (C=O) groups is 1. The largest absolute Gasteiger partial charge is 0.273 e. The van der Waals surface area contributed by atoms with Crippen molar-refractivity contribution < 1.29 is 4.79 Å². The maximum absolute atomic E-state index is 11.5. The van der Waals surface area contributed by atoms with Gasteiger partial charge in [0.1, 0.15) is 0 Å². The molecular formula is C10H14N2O. The molecule has 1 atom stereocenters. The molecule has 1 fully saturated rings. The number of hydrazine groups is 1. The predicted octanol–water partition coefficient (Wildman–Crippen LogP) is 1.35. The van der Waals surface area contributed by atoms with Gasteiger partial charge in [-0.15, -0.1) is 0 Å². The molecule has 1 aliphatic heterocycles. The van der Waals surface area contributed by atoms with Gasteiger partial charge < -0.3 is 0 Å². The van der Waals surface area contributed by atoms with Crippen LogP contribution in [0.5, 0.6) is 0 Å². The third kappa shape index (κ3) is 1.65. The topological polar surface area (TPSA) is 32.3 Å². The first-order valence-electron chi connectivity index (χ1n) is 4.73. The summed E-state index contributed by atoms with van der Waals surface area (Å²) in [6.45, 7) is 2.02. The fourth-order valence-electron chi connectivity index (χ4n) is 1.68. The SMILES string of the molecule is CC1CC(=O)N(C2=CCCC=C2)N1. The molecule has 2 aliphatic rings. The zero-order valence-corrected chi connectivity index (χ0v) is 7.79. The Morgan fingerprint density at radius 1 is 1.54 bits per heavy atom. The molecule has 1 aliphatic carbocycles. The molecule has 3 nitrogen and oxygen atoms in total. The van der Waals surface area contributed by atoms with E-state index in [1.165, 1.54) is 0 Å². The van der Waals surface area contributed by atoms with Crippen LogP contribution < -0.4 is 5.43 Å². The standard InChI is InChI=1S/C10H14N2O/c1-8-7-10(13)12(11-8)9-5-3-2-4-6-9/h3,5-6,8,11H,2,4,7H2,1H3. The highest BCUT2D eigenvalue weighted by atomic mass is 16.2. The van der Waals surface area contributed by atoms with Crippen LogP contribution in [0.15, 0.2) is 23.9 Å². The Kier molecular flexibility index (Phi) is 2.19. The van der Waals surface area contributed by atoms with Gasteiger partial charge in [0.25, 0.3) is 0 Å². The van der Waals surface area contributed by atoms with E-state index in [1.807, 2.05) is 13.0 Å². The molecule has 70 valence electrons. The highest BCUT2D eigenvalue weighted by Gasteiger charge is 2.27.